The summed E-state index contributed by atoms with van der Waals surface area (Å²) in [5.41, 5.74) is 0.243. The maximum atomic E-state index is 13.4. The number of rotatable bonds is 4. The van der Waals surface area contributed by atoms with Crippen LogP contribution in [0.1, 0.15) is 34.6 Å². The summed E-state index contributed by atoms with van der Waals surface area (Å²) in [6, 6.07) is 9.39. The fourth-order valence-electron chi connectivity index (χ4n) is 2.01. The van der Waals surface area contributed by atoms with Crippen LogP contribution in [0.5, 0.6) is 5.75 Å². The van der Waals surface area contributed by atoms with Crippen molar-refractivity contribution in [3.63, 3.8) is 0 Å². The predicted octanol–water partition coefficient (Wildman–Crippen LogP) is 2.92. The summed E-state index contributed by atoms with van der Waals surface area (Å²) in [5, 5.41) is 14.9. The van der Waals surface area contributed by atoms with Crippen LogP contribution in [0.4, 0.5) is 10.1 Å². The zero-order valence-corrected chi connectivity index (χ0v) is 12.8. The van der Waals surface area contributed by atoms with Gasteiger partial charge in [0.1, 0.15) is 11.6 Å². The van der Waals surface area contributed by atoms with E-state index in [1.165, 1.54) is 18.2 Å². The normalized spacial score (nSPS) is 10.4. The SMILES string of the molecule is CC(C)NC(=O)c1cc(F)ccc1NC(=O)c1ccccc1O. The molecule has 0 spiro atoms. The van der Waals surface area contributed by atoms with E-state index in [1.807, 2.05) is 0 Å². The molecule has 120 valence electrons. The zero-order chi connectivity index (χ0) is 17.0. The summed E-state index contributed by atoms with van der Waals surface area (Å²) in [6.07, 6.45) is 0. The number of aromatic hydroxyl groups is 1. The molecule has 0 bridgehead atoms. The van der Waals surface area contributed by atoms with Crippen molar-refractivity contribution < 1.29 is 19.1 Å². The molecule has 0 saturated heterocycles. The predicted molar refractivity (Wildman–Crippen MR) is 85.1 cm³/mol. The molecule has 5 nitrogen and oxygen atoms in total. The quantitative estimate of drug-likeness (QED) is 0.811. The molecule has 3 N–H and O–H groups in total. The molecular weight excluding hydrogens is 299 g/mol. The van der Waals surface area contributed by atoms with Crippen molar-refractivity contribution in [2.45, 2.75) is 19.9 Å². The summed E-state index contributed by atoms with van der Waals surface area (Å²) < 4.78 is 13.4. The lowest BCUT2D eigenvalue weighted by Gasteiger charge is -2.13. The van der Waals surface area contributed by atoms with Gasteiger partial charge in [-0.1, -0.05) is 12.1 Å². The highest BCUT2D eigenvalue weighted by atomic mass is 19.1. The first-order valence-corrected chi connectivity index (χ1v) is 7.08. The standard InChI is InChI=1S/C17H17FN2O3/c1-10(2)19-17(23)13-9-11(18)7-8-14(13)20-16(22)12-5-3-4-6-15(12)21/h3-10,21H,1-2H3,(H,19,23)(H,20,22). The molecule has 0 aromatic heterocycles. The van der Waals surface area contributed by atoms with E-state index in [1.54, 1.807) is 26.0 Å². The number of para-hydroxylation sites is 1. The molecule has 2 rings (SSSR count). The molecule has 0 unspecified atom stereocenters. The third-order valence-corrected chi connectivity index (χ3v) is 3.04. The molecule has 0 saturated carbocycles. The number of phenols is 1. The number of nitrogens with one attached hydrogen (secondary N) is 2. The van der Waals surface area contributed by atoms with Gasteiger partial charge in [-0.2, -0.15) is 0 Å². The molecule has 2 amide bonds. The number of amides is 2. The summed E-state index contributed by atoms with van der Waals surface area (Å²) in [7, 11) is 0. The van der Waals surface area contributed by atoms with Crippen LogP contribution in [0.2, 0.25) is 0 Å². The number of halogens is 1. The van der Waals surface area contributed by atoms with Crippen LogP contribution < -0.4 is 10.6 Å². The van der Waals surface area contributed by atoms with E-state index in [2.05, 4.69) is 10.6 Å². The second kappa shape index (κ2) is 6.91. The van der Waals surface area contributed by atoms with Crippen LogP contribution in [-0.4, -0.2) is 23.0 Å². The minimum absolute atomic E-state index is 0.0162. The number of anilines is 1. The highest BCUT2D eigenvalue weighted by Gasteiger charge is 2.17. The Kier molecular flexibility index (Phi) is 4.95. The van der Waals surface area contributed by atoms with Gasteiger partial charge in [0, 0.05) is 6.04 Å². The minimum atomic E-state index is -0.590. The van der Waals surface area contributed by atoms with E-state index in [4.69, 9.17) is 0 Å². The molecule has 0 atom stereocenters. The fraction of sp³-hybridized carbons (Fsp3) is 0.176. The maximum absolute atomic E-state index is 13.4. The minimum Gasteiger partial charge on any atom is -0.507 e. The van der Waals surface area contributed by atoms with Crippen molar-refractivity contribution in [1.82, 2.24) is 5.32 Å². The van der Waals surface area contributed by atoms with Gasteiger partial charge in [0.05, 0.1) is 16.8 Å². The summed E-state index contributed by atoms with van der Waals surface area (Å²) in [4.78, 5) is 24.4. The molecule has 0 aliphatic carbocycles. The summed E-state index contributed by atoms with van der Waals surface area (Å²) in [5.74, 6) is -1.85. The van der Waals surface area contributed by atoms with Crippen molar-refractivity contribution in [3.05, 3.63) is 59.4 Å². The number of carbonyl (C=O) groups is 2. The van der Waals surface area contributed by atoms with Crippen molar-refractivity contribution in [1.29, 1.82) is 0 Å². The molecular formula is C17H17FN2O3. The molecule has 0 fully saturated rings. The summed E-state index contributed by atoms with van der Waals surface area (Å²) >= 11 is 0. The van der Waals surface area contributed by atoms with E-state index < -0.39 is 17.6 Å². The first kappa shape index (κ1) is 16.5. The van der Waals surface area contributed by atoms with Crippen molar-refractivity contribution >= 4 is 17.5 Å². The van der Waals surface area contributed by atoms with Crippen LogP contribution in [0.25, 0.3) is 0 Å². The molecule has 23 heavy (non-hydrogen) atoms. The Labute approximate surface area is 133 Å². The third kappa shape index (κ3) is 4.06. The molecule has 0 aliphatic rings. The van der Waals surface area contributed by atoms with Crippen LogP contribution >= 0.6 is 0 Å². The fourth-order valence-corrected chi connectivity index (χ4v) is 2.01. The van der Waals surface area contributed by atoms with Crippen molar-refractivity contribution in [3.8, 4) is 5.75 Å². The second-order valence-electron chi connectivity index (χ2n) is 5.29. The number of benzene rings is 2. The van der Waals surface area contributed by atoms with Gasteiger partial charge < -0.3 is 15.7 Å². The smallest absolute Gasteiger partial charge is 0.259 e. The van der Waals surface area contributed by atoms with E-state index in [0.29, 0.717) is 0 Å². The Hall–Kier alpha value is -2.89. The van der Waals surface area contributed by atoms with Gasteiger partial charge in [0.25, 0.3) is 11.8 Å². The van der Waals surface area contributed by atoms with E-state index >= 15 is 0 Å². The van der Waals surface area contributed by atoms with Crippen molar-refractivity contribution in [2.24, 2.45) is 0 Å². The number of hydrogen-bond acceptors (Lipinski definition) is 3. The van der Waals surface area contributed by atoms with Gasteiger partial charge in [-0.05, 0) is 44.2 Å². The zero-order valence-electron chi connectivity index (χ0n) is 12.8. The van der Waals surface area contributed by atoms with Gasteiger partial charge in [0.2, 0.25) is 0 Å². The largest absolute Gasteiger partial charge is 0.507 e. The van der Waals surface area contributed by atoms with Gasteiger partial charge in [-0.15, -0.1) is 0 Å². The number of hydrogen-bond donors (Lipinski definition) is 3. The highest BCUT2D eigenvalue weighted by molar-refractivity contribution is 6.10. The lowest BCUT2D eigenvalue weighted by Crippen LogP contribution is -2.31. The lowest BCUT2D eigenvalue weighted by molar-refractivity contribution is 0.0943. The monoisotopic (exact) mass is 316 g/mol. The second-order valence-corrected chi connectivity index (χ2v) is 5.29. The van der Waals surface area contributed by atoms with E-state index in [0.717, 1.165) is 12.1 Å². The van der Waals surface area contributed by atoms with Crippen LogP contribution in [-0.2, 0) is 0 Å². The maximum Gasteiger partial charge on any atom is 0.259 e. The first-order valence-electron chi connectivity index (χ1n) is 7.08. The van der Waals surface area contributed by atoms with Gasteiger partial charge in [-0.3, -0.25) is 9.59 Å². The average molecular weight is 316 g/mol. The topological polar surface area (TPSA) is 78.4 Å². The molecule has 0 heterocycles. The molecule has 0 radical (unpaired) electrons. The molecule has 0 aliphatic heterocycles. The molecule has 6 heteroatoms. The Morgan fingerprint density at radius 1 is 1.04 bits per heavy atom. The molecule has 2 aromatic rings. The van der Waals surface area contributed by atoms with Gasteiger partial charge in [0.15, 0.2) is 0 Å². The van der Waals surface area contributed by atoms with Gasteiger partial charge >= 0.3 is 0 Å². The Morgan fingerprint density at radius 3 is 2.39 bits per heavy atom. The Bertz CT molecular complexity index is 744. The molecule has 2 aromatic carbocycles. The van der Waals surface area contributed by atoms with Crippen LogP contribution in [0.3, 0.4) is 0 Å². The van der Waals surface area contributed by atoms with Gasteiger partial charge in [-0.25, -0.2) is 4.39 Å². The average Bonchev–Trinajstić information content (AvgIpc) is 2.48. The van der Waals surface area contributed by atoms with Crippen molar-refractivity contribution in [2.75, 3.05) is 5.32 Å². The third-order valence-electron chi connectivity index (χ3n) is 3.04. The lowest BCUT2D eigenvalue weighted by atomic mass is 10.1. The number of carbonyl (C=O) groups excluding carboxylic acids is 2. The van der Waals surface area contributed by atoms with Crippen LogP contribution in [0.15, 0.2) is 42.5 Å². The Balaban J connectivity index is 2.31. The Morgan fingerprint density at radius 2 is 1.74 bits per heavy atom. The van der Waals surface area contributed by atoms with E-state index in [9.17, 15) is 19.1 Å². The number of phenolic OH excluding ortho intramolecular Hbond substituents is 1. The summed E-state index contributed by atoms with van der Waals surface area (Å²) in [6.45, 7) is 3.55. The van der Waals surface area contributed by atoms with E-state index in [-0.39, 0.29) is 28.6 Å². The first-order chi connectivity index (χ1) is 10.9. The van der Waals surface area contributed by atoms with Crippen LogP contribution in [0, 0.1) is 5.82 Å². The highest BCUT2D eigenvalue weighted by Crippen LogP contribution is 2.21.